The Hall–Kier alpha value is -1.58. The number of amides is 1. The maximum Gasteiger partial charge on any atom is 0.253 e. The molecule has 0 aromatic carbocycles. The molecule has 1 heterocycles. The fourth-order valence-electron chi connectivity index (χ4n) is 2.81. The van der Waals surface area contributed by atoms with E-state index >= 15 is 0 Å². The molecule has 0 unspecified atom stereocenters. The highest BCUT2D eigenvalue weighted by Crippen LogP contribution is 2.27. The molecule has 1 aromatic heterocycles. The predicted octanol–water partition coefficient (Wildman–Crippen LogP) is 2.75. The molecule has 3 N–H and O–H groups in total. The van der Waals surface area contributed by atoms with Crippen LogP contribution in [0.25, 0.3) is 0 Å². The lowest BCUT2D eigenvalue weighted by molar-refractivity contribution is 0.0921. The molecule has 0 saturated heterocycles. The first kappa shape index (κ1) is 13.8. The first-order valence-corrected chi connectivity index (χ1v) is 7.21. The maximum atomic E-state index is 12.0. The van der Waals surface area contributed by atoms with Gasteiger partial charge in [-0.1, -0.05) is 19.8 Å². The zero-order chi connectivity index (χ0) is 13.7. The van der Waals surface area contributed by atoms with Gasteiger partial charge >= 0.3 is 0 Å². The Balaban J connectivity index is 1.82. The van der Waals surface area contributed by atoms with Gasteiger partial charge in [0.25, 0.3) is 5.91 Å². The molecule has 0 spiro atoms. The van der Waals surface area contributed by atoms with Gasteiger partial charge in [-0.25, -0.2) is 4.98 Å². The van der Waals surface area contributed by atoms with Crippen molar-refractivity contribution in [3.63, 3.8) is 0 Å². The van der Waals surface area contributed by atoms with E-state index in [4.69, 9.17) is 5.73 Å². The Labute approximate surface area is 114 Å². The molecule has 1 aliphatic carbocycles. The van der Waals surface area contributed by atoms with Gasteiger partial charge in [-0.05, 0) is 43.7 Å². The molecule has 19 heavy (non-hydrogen) atoms. The number of carbonyl (C=O) groups excluding carboxylic acids is 1. The number of nitrogens with one attached hydrogen (secondary N) is 1. The number of aromatic nitrogens is 1. The number of rotatable bonds is 4. The number of nitrogen functional groups attached to an aromatic ring is 1. The number of hydrogen-bond acceptors (Lipinski definition) is 3. The Bertz CT molecular complexity index is 408. The van der Waals surface area contributed by atoms with Crippen LogP contribution < -0.4 is 11.1 Å². The summed E-state index contributed by atoms with van der Waals surface area (Å²) < 4.78 is 0. The lowest BCUT2D eigenvalue weighted by atomic mass is 9.83. The van der Waals surface area contributed by atoms with Crippen molar-refractivity contribution in [2.24, 2.45) is 5.92 Å². The fraction of sp³-hybridized carbons (Fsp3) is 0.600. The summed E-state index contributed by atoms with van der Waals surface area (Å²) in [4.78, 5) is 16.0. The Kier molecular flexibility index (Phi) is 4.77. The molecule has 4 nitrogen and oxygen atoms in total. The van der Waals surface area contributed by atoms with Crippen molar-refractivity contribution in [2.45, 2.75) is 51.5 Å². The average Bonchev–Trinajstić information content (AvgIpc) is 2.42. The summed E-state index contributed by atoms with van der Waals surface area (Å²) >= 11 is 0. The molecular formula is C15H23N3O. The summed E-state index contributed by atoms with van der Waals surface area (Å²) in [5, 5.41) is 3.10. The lowest BCUT2D eigenvalue weighted by Gasteiger charge is -2.28. The van der Waals surface area contributed by atoms with E-state index in [2.05, 4.69) is 17.2 Å². The van der Waals surface area contributed by atoms with Crippen molar-refractivity contribution in [1.82, 2.24) is 10.3 Å². The molecule has 104 valence electrons. The number of anilines is 1. The molecule has 1 saturated carbocycles. The van der Waals surface area contributed by atoms with Crippen molar-refractivity contribution in [3.8, 4) is 0 Å². The first-order chi connectivity index (χ1) is 9.19. The van der Waals surface area contributed by atoms with Crippen LogP contribution in [0.1, 0.15) is 55.8 Å². The van der Waals surface area contributed by atoms with Crippen LogP contribution in [-0.4, -0.2) is 16.9 Å². The molecule has 1 aliphatic rings. The van der Waals surface area contributed by atoms with Crippen LogP contribution in [0.3, 0.4) is 0 Å². The molecule has 2 rings (SSSR count). The Morgan fingerprint density at radius 3 is 2.68 bits per heavy atom. The number of hydrogen-bond donors (Lipinski definition) is 2. The quantitative estimate of drug-likeness (QED) is 0.875. The van der Waals surface area contributed by atoms with E-state index in [9.17, 15) is 4.79 Å². The monoisotopic (exact) mass is 261 g/mol. The Morgan fingerprint density at radius 1 is 1.37 bits per heavy atom. The van der Waals surface area contributed by atoms with Crippen molar-refractivity contribution in [3.05, 3.63) is 23.9 Å². The van der Waals surface area contributed by atoms with Gasteiger partial charge in [0.05, 0.1) is 5.56 Å². The highest BCUT2D eigenvalue weighted by Gasteiger charge is 2.22. The summed E-state index contributed by atoms with van der Waals surface area (Å²) in [7, 11) is 0. The molecular weight excluding hydrogens is 238 g/mol. The number of pyridine rings is 1. The lowest BCUT2D eigenvalue weighted by Crippen LogP contribution is -2.37. The second-order valence-electron chi connectivity index (χ2n) is 5.45. The van der Waals surface area contributed by atoms with E-state index in [0.29, 0.717) is 17.4 Å². The van der Waals surface area contributed by atoms with Crippen molar-refractivity contribution >= 4 is 11.7 Å². The second-order valence-corrected chi connectivity index (χ2v) is 5.45. The Morgan fingerprint density at radius 2 is 2.11 bits per heavy atom. The third kappa shape index (κ3) is 3.94. The molecule has 1 aromatic rings. The fourth-order valence-corrected chi connectivity index (χ4v) is 2.81. The minimum atomic E-state index is -0.0357. The number of carbonyl (C=O) groups is 1. The van der Waals surface area contributed by atoms with Gasteiger partial charge in [0.2, 0.25) is 0 Å². The predicted molar refractivity (Wildman–Crippen MR) is 76.8 cm³/mol. The highest BCUT2D eigenvalue weighted by atomic mass is 16.1. The average molecular weight is 261 g/mol. The minimum Gasteiger partial charge on any atom is -0.384 e. The largest absolute Gasteiger partial charge is 0.384 e. The van der Waals surface area contributed by atoms with Crippen LogP contribution in [-0.2, 0) is 0 Å². The van der Waals surface area contributed by atoms with E-state index in [1.807, 2.05) is 0 Å². The van der Waals surface area contributed by atoms with Crippen LogP contribution in [0.4, 0.5) is 5.82 Å². The third-order valence-corrected chi connectivity index (χ3v) is 3.93. The van der Waals surface area contributed by atoms with Crippen molar-refractivity contribution in [2.75, 3.05) is 5.73 Å². The summed E-state index contributed by atoms with van der Waals surface area (Å²) in [5.41, 5.74) is 6.10. The van der Waals surface area contributed by atoms with E-state index < -0.39 is 0 Å². The van der Waals surface area contributed by atoms with Crippen molar-refractivity contribution in [1.29, 1.82) is 0 Å². The molecule has 0 radical (unpaired) electrons. The van der Waals surface area contributed by atoms with Crippen LogP contribution in [0, 0.1) is 5.92 Å². The molecule has 0 aliphatic heterocycles. The van der Waals surface area contributed by atoms with E-state index in [1.165, 1.54) is 31.9 Å². The smallest absolute Gasteiger partial charge is 0.253 e. The first-order valence-electron chi connectivity index (χ1n) is 7.21. The van der Waals surface area contributed by atoms with E-state index in [0.717, 1.165) is 18.8 Å². The number of nitrogens with two attached hydrogens (primary N) is 1. The van der Waals surface area contributed by atoms with Crippen LogP contribution >= 0.6 is 0 Å². The molecule has 4 heteroatoms. The summed E-state index contributed by atoms with van der Waals surface area (Å²) in [6, 6.07) is 3.70. The van der Waals surface area contributed by atoms with Crippen LogP contribution in [0.2, 0.25) is 0 Å². The van der Waals surface area contributed by atoms with Crippen LogP contribution in [0.15, 0.2) is 18.3 Å². The SMILES string of the molecule is CCCC1CCC(NC(=O)c2ccc(N)nc2)CC1. The third-order valence-electron chi connectivity index (χ3n) is 3.93. The van der Waals surface area contributed by atoms with Gasteiger partial charge in [0.15, 0.2) is 0 Å². The van der Waals surface area contributed by atoms with Gasteiger partial charge in [-0.2, -0.15) is 0 Å². The zero-order valence-electron chi connectivity index (χ0n) is 11.6. The molecule has 1 fully saturated rings. The second kappa shape index (κ2) is 6.55. The normalized spacial score (nSPS) is 23.0. The topological polar surface area (TPSA) is 68.0 Å². The van der Waals surface area contributed by atoms with Crippen LogP contribution in [0.5, 0.6) is 0 Å². The van der Waals surface area contributed by atoms with Gasteiger partial charge in [0.1, 0.15) is 5.82 Å². The summed E-state index contributed by atoms with van der Waals surface area (Å²) in [6.07, 6.45) is 8.78. The molecule has 0 bridgehead atoms. The van der Waals surface area contributed by atoms with Gasteiger partial charge in [-0.15, -0.1) is 0 Å². The van der Waals surface area contributed by atoms with Gasteiger partial charge < -0.3 is 11.1 Å². The van der Waals surface area contributed by atoms with Crippen molar-refractivity contribution < 1.29 is 4.79 Å². The van der Waals surface area contributed by atoms with E-state index in [1.54, 1.807) is 12.1 Å². The summed E-state index contributed by atoms with van der Waals surface area (Å²) in [5.74, 6) is 1.26. The highest BCUT2D eigenvalue weighted by molar-refractivity contribution is 5.94. The minimum absolute atomic E-state index is 0.0357. The van der Waals surface area contributed by atoms with E-state index in [-0.39, 0.29) is 5.91 Å². The maximum absolute atomic E-state index is 12.0. The van der Waals surface area contributed by atoms with Gasteiger partial charge in [0, 0.05) is 12.2 Å². The zero-order valence-corrected chi connectivity index (χ0v) is 11.6. The standard InChI is InChI=1S/C15H23N3O/c1-2-3-11-4-7-13(8-5-11)18-15(19)12-6-9-14(16)17-10-12/h6,9-11,13H,2-5,7-8H2,1H3,(H2,16,17)(H,18,19). The molecule has 0 atom stereocenters. The number of nitrogens with zero attached hydrogens (tertiary/aromatic N) is 1. The van der Waals surface area contributed by atoms with Gasteiger partial charge in [-0.3, -0.25) is 4.79 Å². The summed E-state index contributed by atoms with van der Waals surface area (Å²) in [6.45, 7) is 2.24. The molecule has 1 amide bonds.